The summed E-state index contributed by atoms with van der Waals surface area (Å²) < 4.78 is 5.60. The molecular weight excluding hydrogens is 226 g/mol. The van der Waals surface area contributed by atoms with Crippen molar-refractivity contribution in [2.45, 2.75) is 32.1 Å². The van der Waals surface area contributed by atoms with Crippen LogP contribution in [-0.2, 0) is 11.2 Å². The summed E-state index contributed by atoms with van der Waals surface area (Å²) in [4.78, 5) is 11.2. The molecule has 1 aromatic carbocycles. The van der Waals surface area contributed by atoms with Crippen LogP contribution in [0.2, 0.25) is 0 Å². The van der Waals surface area contributed by atoms with E-state index in [0.29, 0.717) is 18.3 Å². The van der Waals surface area contributed by atoms with E-state index in [9.17, 15) is 4.79 Å². The van der Waals surface area contributed by atoms with Crippen LogP contribution in [0.5, 0.6) is 5.75 Å². The molecule has 1 N–H and O–H groups in total. The molecule has 1 heterocycles. The van der Waals surface area contributed by atoms with E-state index in [0.717, 1.165) is 25.3 Å². The predicted molar refractivity (Wildman–Crippen MR) is 69.8 cm³/mol. The summed E-state index contributed by atoms with van der Waals surface area (Å²) in [7, 11) is 0. The summed E-state index contributed by atoms with van der Waals surface area (Å²) in [6.07, 6.45) is 2.81. The molecule has 2 atom stereocenters. The van der Waals surface area contributed by atoms with Crippen molar-refractivity contribution in [2.75, 3.05) is 13.2 Å². The topological polar surface area (TPSA) is 38.3 Å². The highest BCUT2D eigenvalue weighted by atomic mass is 16.5. The van der Waals surface area contributed by atoms with Crippen LogP contribution in [0, 0.1) is 5.92 Å². The smallest absolute Gasteiger partial charge is 0.219 e. The van der Waals surface area contributed by atoms with Crippen LogP contribution in [0.15, 0.2) is 18.2 Å². The van der Waals surface area contributed by atoms with E-state index in [2.05, 4.69) is 23.5 Å². The number of nitrogens with one attached hydrogen (secondary N) is 1. The number of rotatable bonds is 4. The molecule has 2 aliphatic rings. The number of ether oxygens (including phenoxy) is 1. The molecule has 3 rings (SSSR count). The van der Waals surface area contributed by atoms with Gasteiger partial charge in [0.25, 0.3) is 0 Å². The largest absolute Gasteiger partial charge is 0.493 e. The van der Waals surface area contributed by atoms with E-state index >= 15 is 0 Å². The van der Waals surface area contributed by atoms with Gasteiger partial charge < -0.3 is 10.1 Å². The summed E-state index contributed by atoms with van der Waals surface area (Å²) in [6, 6.07) is 6.36. The van der Waals surface area contributed by atoms with Crippen LogP contribution in [-0.4, -0.2) is 19.1 Å². The van der Waals surface area contributed by atoms with E-state index in [1.165, 1.54) is 17.5 Å². The van der Waals surface area contributed by atoms with Crippen molar-refractivity contribution in [3.63, 3.8) is 0 Å². The highest BCUT2D eigenvalue weighted by molar-refractivity contribution is 5.75. The first-order valence-corrected chi connectivity index (χ1v) is 6.81. The number of carbonyl (C=O) groups is 1. The Labute approximate surface area is 108 Å². The van der Waals surface area contributed by atoms with Crippen molar-refractivity contribution < 1.29 is 9.53 Å². The number of benzene rings is 1. The average molecular weight is 245 g/mol. The first-order chi connectivity index (χ1) is 8.79. The molecule has 0 spiro atoms. The van der Waals surface area contributed by atoms with Crippen molar-refractivity contribution in [2.24, 2.45) is 5.92 Å². The Balaban J connectivity index is 1.64. The van der Waals surface area contributed by atoms with Crippen LogP contribution in [0.25, 0.3) is 0 Å². The van der Waals surface area contributed by atoms with Crippen LogP contribution in [0.4, 0.5) is 0 Å². The third-order valence-electron chi connectivity index (χ3n) is 3.98. The Morgan fingerprint density at radius 1 is 1.50 bits per heavy atom. The monoisotopic (exact) mass is 245 g/mol. The highest BCUT2D eigenvalue weighted by Gasteiger charge is 2.40. The molecule has 1 aliphatic heterocycles. The number of carbonyl (C=O) groups excluding carboxylic acids is 1. The minimum absolute atomic E-state index is 0.155. The molecule has 0 aromatic heterocycles. The summed E-state index contributed by atoms with van der Waals surface area (Å²) in [5.74, 6) is 2.46. The molecule has 0 unspecified atom stereocenters. The summed E-state index contributed by atoms with van der Waals surface area (Å²) >= 11 is 0. The Bertz CT molecular complexity index is 470. The minimum Gasteiger partial charge on any atom is -0.493 e. The van der Waals surface area contributed by atoms with Gasteiger partial charge in [-0.3, -0.25) is 4.79 Å². The average Bonchev–Trinajstić information content (AvgIpc) is 3.00. The van der Waals surface area contributed by atoms with Crippen LogP contribution >= 0.6 is 0 Å². The molecule has 1 amide bonds. The lowest BCUT2D eigenvalue weighted by molar-refractivity contribution is -0.120. The van der Waals surface area contributed by atoms with Crippen LogP contribution in [0.1, 0.15) is 36.8 Å². The molecule has 3 heteroatoms. The van der Waals surface area contributed by atoms with E-state index in [4.69, 9.17) is 4.74 Å². The molecule has 1 fully saturated rings. The van der Waals surface area contributed by atoms with Gasteiger partial charge in [-0.15, -0.1) is 0 Å². The first kappa shape index (κ1) is 11.6. The lowest BCUT2D eigenvalue weighted by atomic mass is 10.00. The lowest BCUT2D eigenvalue weighted by Crippen LogP contribution is -2.24. The zero-order valence-corrected chi connectivity index (χ0v) is 10.7. The second-order valence-corrected chi connectivity index (χ2v) is 5.18. The number of hydrogen-bond donors (Lipinski definition) is 1. The molecule has 1 aromatic rings. The molecule has 0 saturated heterocycles. The van der Waals surface area contributed by atoms with Crippen LogP contribution in [0.3, 0.4) is 0 Å². The summed E-state index contributed by atoms with van der Waals surface area (Å²) in [6.45, 7) is 3.53. The van der Waals surface area contributed by atoms with E-state index in [-0.39, 0.29) is 5.91 Å². The molecule has 0 bridgehead atoms. The number of fused-ring (bicyclic) bond motifs is 1. The fourth-order valence-corrected chi connectivity index (χ4v) is 2.82. The highest BCUT2D eigenvalue weighted by Crippen LogP contribution is 2.50. The Kier molecular flexibility index (Phi) is 2.98. The lowest BCUT2D eigenvalue weighted by Gasteiger charge is -2.07. The quantitative estimate of drug-likeness (QED) is 0.883. The number of hydrogen-bond acceptors (Lipinski definition) is 2. The molecule has 3 nitrogen and oxygen atoms in total. The third-order valence-corrected chi connectivity index (χ3v) is 3.98. The van der Waals surface area contributed by atoms with Gasteiger partial charge in [-0.05, 0) is 29.9 Å². The zero-order valence-electron chi connectivity index (χ0n) is 10.7. The third kappa shape index (κ3) is 2.09. The SMILES string of the molecule is CCC(=O)NC[C@@H]1C[C@H]1c1cccc2c1CCO2. The molecule has 0 radical (unpaired) electrons. The van der Waals surface area contributed by atoms with E-state index < -0.39 is 0 Å². The van der Waals surface area contributed by atoms with Gasteiger partial charge in [0.2, 0.25) is 5.91 Å². The Hall–Kier alpha value is -1.51. The molecule has 1 aliphatic carbocycles. The maximum Gasteiger partial charge on any atom is 0.219 e. The molecule has 96 valence electrons. The van der Waals surface area contributed by atoms with Gasteiger partial charge in [-0.25, -0.2) is 0 Å². The van der Waals surface area contributed by atoms with Gasteiger partial charge >= 0.3 is 0 Å². The van der Waals surface area contributed by atoms with Gasteiger partial charge in [0.05, 0.1) is 6.61 Å². The van der Waals surface area contributed by atoms with Gasteiger partial charge in [-0.1, -0.05) is 19.1 Å². The second kappa shape index (κ2) is 4.63. The normalized spacial score (nSPS) is 24.3. The summed E-state index contributed by atoms with van der Waals surface area (Å²) in [5.41, 5.74) is 2.84. The molecule has 1 saturated carbocycles. The van der Waals surface area contributed by atoms with Gasteiger partial charge in [0.1, 0.15) is 5.75 Å². The van der Waals surface area contributed by atoms with Crippen molar-refractivity contribution in [1.82, 2.24) is 5.32 Å². The molecular formula is C15H19NO2. The summed E-state index contributed by atoms with van der Waals surface area (Å²) in [5, 5.41) is 2.99. The predicted octanol–water partition coefficient (Wildman–Crippen LogP) is 2.25. The Morgan fingerprint density at radius 3 is 3.22 bits per heavy atom. The van der Waals surface area contributed by atoms with Gasteiger partial charge in [0.15, 0.2) is 0 Å². The first-order valence-electron chi connectivity index (χ1n) is 6.81. The fourth-order valence-electron chi connectivity index (χ4n) is 2.82. The van der Waals surface area contributed by atoms with E-state index in [1.807, 2.05) is 6.92 Å². The van der Waals surface area contributed by atoms with Crippen molar-refractivity contribution in [1.29, 1.82) is 0 Å². The van der Waals surface area contributed by atoms with Crippen molar-refractivity contribution in [3.8, 4) is 5.75 Å². The maximum atomic E-state index is 11.2. The second-order valence-electron chi connectivity index (χ2n) is 5.18. The number of amides is 1. The van der Waals surface area contributed by atoms with Crippen molar-refractivity contribution >= 4 is 5.91 Å². The zero-order chi connectivity index (χ0) is 12.5. The minimum atomic E-state index is 0.155. The maximum absolute atomic E-state index is 11.2. The fraction of sp³-hybridized carbons (Fsp3) is 0.533. The standard InChI is InChI=1S/C15H19NO2/c1-2-15(17)16-9-10-8-13(10)11-4-3-5-14-12(11)6-7-18-14/h3-5,10,13H,2,6-9H2,1H3,(H,16,17)/t10-,13+/m0/s1. The van der Waals surface area contributed by atoms with Crippen LogP contribution < -0.4 is 10.1 Å². The van der Waals surface area contributed by atoms with Crippen molar-refractivity contribution in [3.05, 3.63) is 29.3 Å². The van der Waals surface area contributed by atoms with Gasteiger partial charge in [0, 0.05) is 24.9 Å². The van der Waals surface area contributed by atoms with Gasteiger partial charge in [-0.2, -0.15) is 0 Å². The van der Waals surface area contributed by atoms with E-state index in [1.54, 1.807) is 0 Å². The Morgan fingerprint density at radius 2 is 2.39 bits per heavy atom. The molecule has 18 heavy (non-hydrogen) atoms.